The summed E-state index contributed by atoms with van der Waals surface area (Å²) in [6.07, 6.45) is 0. The molecule has 23 heavy (non-hydrogen) atoms. The van der Waals surface area contributed by atoms with Crippen molar-refractivity contribution in [2.45, 2.75) is 20.1 Å². The molecule has 0 amide bonds. The van der Waals surface area contributed by atoms with Gasteiger partial charge in [0, 0.05) is 18.1 Å². The smallest absolute Gasteiger partial charge is 0.341 e. The largest absolute Gasteiger partial charge is 0.489 e. The summed E-state index contributed by atoms with van der Waals surface area (Å²) < 4.78 is 16.4. The molecule has 0 radical (unpaired) electrons. The van der Waals surface area contributed by atoms with Gasteiger partial charge in [0.1, 0.15) is 17.9 Å². The van der Waals surface area contributed by atoms with Crippen LogP contribution in [-0.4, -0.2) is 6.61 Å². The summed E-state index contributed by atoms with van der Waals surface area (Å²) in [7, 11) is 0. The minimum atomic E-state index is -0.369. The lowest BCUT2D eigenvalue weighted by Gasteiger charge is -2.07. The standard InChI is InChI=1S/C19H18O4/c1-2-21-13-16-10-15-8-9-17(11-18(15)23-19(16)20)22-12-14-6-4-3-5-7-14/h3-11H,2,12-13H2,1H3. The third kappa shape index (κ3) is 3.79. The molecule has 4 nitrogen and oxygen atoms in total. The summed E-state index contributed by atoms with van der Waals surface area (Å²) in [6, 6.07) is 17.2. The van der Waals surface area contributed by atoms with Gasteiger partial charge in [-0.25, -0.2) is 4.79 Å². The predicted molar refractivity (Wildman–Crippen MR) is 88.6 cm³/mol. The van der Waals surface area contributed by atoms with Crippen molar-refractivity contribution in [1.82, 2.24) is 0 Å². The quantitative estimate of drug-likeness (QED) is 0.648. The van der Waals surface area contributed by atoms with Gasteiger partial charge in [0.05, 0.1) is 12.2 Å². The summed E-state index contributed by atoms with van der Waals surface area (Å²) in [5.74, 6) is 0.669. The number of benzene rings is 2. The van der Waals surface area contributed by atoms with Crippen LogP contribution in [0.2, 0.25) is 0 Å². The normalized spacial score (nSPS) is 10.8. The van der Waals surface area contributed by atoms with E-state index >= 15 is 0 Å². The fourth-order valence-corrected chi connectivity index (χ4v) is 2.28. The highest BCUT2D eigenvalue weighted by atomic mass is 16.5. The van der Waals surface area contributed by atoms with Crippen LogP contribution >= 0.6 is 0 Å². The molecule has 1 heterocycles. The van der Waals surface area contributed by atoms with Crippen LogP contribution in [0.1, 0.15) is 18.1 Å². The first-order valence-corrected chi connectivity index (χ1v) is 7.57. The Morgan fingerprint density at radius 1 is 1.00 bits per heavy atom. The zero-order valence-corrected chi connectivity index (χ0v) is 13.0. The van der Waals surface area contributed by atoms with Gasteiger partial charge in [0.15, 0.2) is 0 Å². The number of fused-ring (bicyclic) bond motifs is 1. The summed E-state index contributed by atoms with van der Waals surface area (Å²) in [4.78, 5) is 11.9. The molecule has 2 aromatic carbocycles. The molecule has 0 aliphatic heterocycles. The van der Waals surface area contributed by atoms with Gasteiger partial charge < -0.3 is 13.9 Å². The van der Waals surface area contributed by atoms with Gasteiger partial charge in [0.25, 0.3) is 0 Å². The van der Waals surface area contributed by atoms with Gasteiger partial charge in [-0.2, -0.15) is 0 Å². The molecule has 3 rings (SSSR count). The van der Waals surface area contributed by atoms with Crippen LogP contribution in [0.15, 0.2) is 63.8 Å². The lowest BCUT2D eigenvalue weighted by molar-refractivity contribution is 0.132. The molecule has 0 atom stereocenters. The van der Waals surface area contributed by atoms with Crippen molar-refractivity contribution in [3.63, 3.8) is 0 Å². The Morgan fingerprint density at radius 3 is 2.61 bits per heavy atom. The Bertz CT molecular complexity index is 837. The molecular formula is C19H18O4. The molecular weight excluding hydrogens is 292 g/mol. The molecule has 0 spiro atoms. The van der Waals surface area contributed by atoms with E-state index in [-0.39, 0.29) is 12.2 Å². The fourth-order valence-electron chi connectivity index (χ4n) is 2.28. The lowest BCUT2D eigenvalue weighted by Crippen LogP contribution is -2.08. The number of rotatable bonds is 6. The molecule has 3 aromatic rings. The zero-order valence-electron chi connectivity index (χ0n) is 13.0. The fraction of sp³-hybridized carbons (Fsp3) is 0.211. The van der Waals surface area contributed by atoms with Crippen LogP contribution in [-0.2, 0) is 18.0 Å². The molecule has 0 saturated heterocycles. The lowest BCUT2D eigenvalue weighted by atomic mass is 10.2. The van der Waals surface area contributed by atoms with Crippen LogP contribution in [0.3, 0.4) is 0 Å². The van der Waals surface area contributed by atoms with Crippen molar-refractivity contribution >= 4 is 11.0 Å². The molecule has 0 unspecified atom stereocenters. The average molecular weight is 310 g/mol. The predicted octanol–water partition coefficient (Wildman–Crippen LogP) is 3.91. The van der Waals surface area contributed by atoms with Crippen LogP contribution in [0, 0.1) is 0 Å². The molecule has 1 aromatic heterocycles. The Kier molecular flexibility index (Phi) is 4.74. The van der Waals surface area contributed by atoms with Crippen LogP contribution < -0.4 is 10.4 Å². The van der Waals surface area contributed by atoms with E-state index in [1.54, 1.807) is 12.1 Å². The van der Waals surface area contributed by atoms with Crippen LogP contribution in [0.25, 0.3) is 11.0 Å². The minimum absolute atomic E-state index is 0.265. The molecule has 0 N–H and O–H groups in total. The van der Waals surface area contributed by atoms with E-state index in [9.17, 15) is 4.79 Å². The second-order valence-corrected chi connectivity index (χ2v) is 5.17. The maximum Gasteiger partial charge on any atom is 0.341 e. The molecule has 0 aliphatic rings. The van der Waals surface area contributed by atoms with Gasteiger partial charge in [-0.1, -0.05) is 30.3 Å². The van der Waals surface area contributed by atoms with Crippen molar-refractivity contribution in [2.24, 2.45) is 0 Å². The average Bonchev–Trinajstić information content (AvgIpc) is 2.59. The van der Waals surface area contributed by atoms with Gasteiger partial charge in [-0.15, -0.1) is 0 Å². The van der Waals surface area contributed by atoms with Crippen LogP contribution in [0.4, 0.5) is 0 Å². The second kappa shape index (κ2) is 7.11. The Balaban J connectivity index is 1.80. The minimum Gasteiger partial charge on any atom is -0.489 e. The summed E-state index contributed by atoms with van der Waals surface area (Å²) in [5, 5.41) is 0.853. The van der Waals surface area contributed by atoms with Crippen molar-refractivity contribution in [2.75, 3.05) is 6.61 Å². The molecule has 0 saturated carbocycles. The summed E-state index contributed by atoms with van der Waals surface area (Å²) >= 11 is 0. The van der Waals surface area contributed by atoms with E-state index in [2.05, 4.69) is 0 Å². The van der Waals surface area contributed by atoms with Crippen molar-refractivity contribution in [3.8, 4) is 5.75 Å². The zero-order chi connectivity index (χ0) is 16.1. The Labute approximate surface area is 134 Å². The van der Waals surface area contributed by atoms with Gasteiger partial charge in [0.2, 0.25) is 0 Å². The first kappa shape index (κ1) is 15.3. The maximum atomic E-state index is 11.9. The van der Waals surface area contributed by atoms with Crippen molar-refractivity contribution < 1.29 is 13.9 Å². The first-order valence-electron chi connectivity index (χ1n) is 7.57. The molecule has 0 fully saturated rings. The third-order valence-corrected chi connectivity index (χ3v) is 3.49. The SMILES string of the molecule is CCOCc1cc2ccc(OCc3ccccc3)cc2oc1=O. The summed E-state index contributed by atoms with van der Waals surface area (Å²) in [5.41, 5.74) is 1.75. The van der Waals surface area contributed by atoms with E-state index in [1.165, 1.54) is 0 Å². The van der Waals surface area contributed by atoms with Gasteiger partial charge >= 0.3 is 5.63 Å². The topological polar surface area (TPSA) is 48.7 Å². The van der Waals surface area contributed by atoms with Crippen molar-refractivity contribution in [3.05, 3.63) is 76.1 Å². The highest BCUT2D eigenvalue weighted by Crippen LogP contribution is 2.21. The highest BCUT2D eigenvalue weighted by molar-refractivity contribution is 5.78. The van der Waals surface area contributed by atoms with E-state index < -0.39 is 0 Å². The number of ether oxygens (including phenoxy) is 2. The Hall–Kier alpha value is -2.59. The van der Waals surface area contributed by atoms with E-state index in [0.29, 0.717) is 30.1 Å². The number of hydrogen-bond donors (Lipinski definition) is 0. The van der Waals surface area contributed by atoms with E-state index in [1.807, 2.05) is 49.4 Å². The molecule has 0 aliphatic carbocycles. The highest BCUT2D eigenvalue weighted by Gasteiger charge is 2.07. The number of hydrogen-bond acceptors (Lipinski definition) is 4. The van der Waals surface area contributed by atoms with E-state index in [4.69, 9.17) is 13.9 Å². The first-order chi connectivity index (χ1) is 11.3. The molecule has 118 valence electrons. The third-order valence-electron chi connectivity index (χ3n) is 3.49. The van der Waals surface area contributed by atoms with Gasteiger partial charge in [-0.3, -0.25) is 0 Å². The van der Waals surface area contributed by atoms with Crippen molar-refractivity contribution in [1.29, 1.82) is 0 Å². The summed E-state index contributed by atoms with van der Waals surface area (Å²) in [6.45, 7) is 3.18. The van der Waals surface area contributed by atoms with Crippen LogP contribution in [0.5, 0.6) is 5.75 Å². The van der Waals surface area contributed by atoms with E-state index in [0.717, 1.165) is 10.9 Å². The second-order valence-electron chi connectivity index (χ2n) is 5.17. The monoisotopic (exact) mass is 310 g/mol. The van der Waals surface area contributed by atoms with Gasteiger partial charge in [-0.05, 0) is 30.7 Å². The molecule has 0 bridgehead atoms. The maximum absolute atomic E-state index is 11.9. The Morgan fingerprint density at radius 2 is 1.83 bits per heavy atom. The molecule has 4 heteroatoms.